The van der Waals surface area contributed by atoms with Gasteiger partial charge in [0.15, 0.2) is 0 Å². The second-order valence-electron chi connectivity index (χ2n) is 18.1. The smallest absolute Gasteiger partial charge is 0.0145 e. The van der Waals surface area contributed by atoms with Crippen molar-refractivity contribution in [3.05, 3.63) is 0 Å². The van der Waals surface area contributed by atoms with E-state index in [0.717, 1.165) is 43.3 Å². The van der Waals surface area contributed by atoms with Crippen LogP contribution in [0.1, 0.15) is 125 Å². The summed E-state index contributed by atoms with van der Waals surface area (Å²) in [6.07, 6.45) is 19.5. The first-order valence-corrected chi connectivity index (χ1v) is 15.5. The summed E-state index contributed by atoms with van der Waals surface area (Å²) in [6, 6.07) is 0. The molecule has 0 aromatic rings. The van der Waals surface area contributed by atoms with E-state index in [1.165, 1.54) is 119 Å². The molecule has 0 radical (unpaired) electrons. The zero-order valence-corrected chi connectivity index (χ0v) is 22.7. The molecule has 2 spiro atoms. The minimum atomic E-state index is 0.746. The van der Waals surface area contributed by atoms with Crippen LogP contribution in [-0.2, 0) is 0 Å². The molecule has 0 heterocycles. The van der Waals surface area contributed by atoms with E-state index in [1.54, 1.807) is 0 Å². The fourth-order valence-corrected chi connectivity index (χ4v) is 15.3. The highest BCUT2D eigenvalue weighted by atomic mass is 15.3. The molecule has 0 aromatic carbocycles. The first kappa shape index (κ1) is 20.1. The minimum absolute atomic E-state index is 0.746. The minimum Gasteiger partial charge on any atom is -0.0596 e. The Morgan fingerprint density at radius 2 is 0.606 bits per heavy atom. The molecule has 13 rings (SSSR count). The van der Waals surface area contributed by atoms with Gasteiger partial charge in [-0.2, -0.15) is 0 Å². The van der Waals surface area contributed by atoms with Crippen LogP contribution in [-0.4, -0.2) is 0 Å². The van der Waals surface area contributed by atoms with Crippen LogP contribution in [0.15, 0.2) is 0 Å². The summed E-state index contributed by atoms with van der Waals surface area (Å²) in [7, 11) is 0. The van der Waals surface area contributed by atoms with E-state index in [0.29, 0.717) is 0 Å². The largest absolute Gasteiger partial charge is 0.0596 e. The molecular weight excluding hydrogens is 396 g/mol. The first-order valence-electron chi connectivity index (χ1n) is 15.5. The van der Waals surface area contributed by atoms with Crippen molar-refractivity contribution in [2.75, 3.05) is 0 Å². The summed E-state index contributed by atoms with van der Waals surface area (Å²) in [6.45, 7) is 15.2. The van der Waals surface area contributed by atoms with E-state index in [9.17, 15) is 0 Å². The Bertz CT molecular complexity index is 837. The van der Waals surface area contributed by atoms with Gasteiger partial charge in [0.05, 0.1) is 0 Å². The van der Waals surface area contributed by atoms with E-state index in [4.69, 9.17) is 0 Å². The van der Waals surface area contributed by atoms with Gasteiger partial charge in [-0.15, -0.1) is 0 Å². The summed E-state index contributed by atoms with van der Waals surface area (Å²) in [5, 5.41) is 0. The zero-order valence-electron chi connectivity index (χ0n) is 22.7. The molecule has 0 amide bonds. The maximum Gasteiger partial charge on any atom is -0.0145 e. The second-order valence-corrected chi connectivity index (χ2v) is 18.1. The van der Waals surface area contributed by atoms with Crippen LogP contribution in [0.5, 0.6) is 0 Å². The Morgan fingerprint density at radius 3 is 0.879 bits per heavy atom. The number of rotatable bonds is 0. The molecule has 0 nitrogen and oxygen atoms in total. The Balaban J connectivity index is 0.0000000771. The maximum absolute atomic E-state index is 2.64. The normalized spacial score (nSPS) is 76.2. The van der Waals surface area contributed by atoms with Crippen molar-refractivity contribution in [3.8, 4) is 0 Å². The van der Waals surface area contributed by atoms with E-state index >= 15 is 0 Å². The monoisotopic (exact) mass is 446 g/mol. The van der Waals surface area contributed by atoms with Crippen LogP contribution >= 0.6 is 0 Å². The highest BCUT2D eigenvalue weighted by molar-refractivity contribution is 5.73. The molecule has 0 heteroatoms. The van der Waals surface area contributed by atoms with Crippen LogP contribution in [0.4, 0.5) is 0 Å². The molecule has 0 aromatic heterocycles. The molecule has 13 fully saturated rings. The molecule has 13 aliphatic rings. The maximum atomic E-state index is 2.64. The standard InChI is InChI=1S/C12H12.C11H20.C10H18/c1-9-3-5-10(2)6-4(9)12(6)7(9)11(3,5)8(10)12;1-10-4-3-5-11(2,8-6-10)9-7-10;1-9-3-6-10(2,7-4-9)8-5-9/h3-8H,1-2H3;3-9H2,1-2H3;3-8H2,1-2H3. The topological polar surface area (TPSA) is 0 Å². The molecular formula is C33H50. The number of fused-ring (bicyclic) bond motifs is 13. The second kappa shape index (κ2) is 4.93. The van der Waals surface area contributed by atoms with Crippen LogP contribution in [0.2, 0.25) is 0 Å². The lowest BCUT2D eigenvalue weighted by Gasteiger charge is -2.86. The van der Waals surface area contributed by atoms with Gasteiger partial charge in [-0.1, -0.05) is 48.0 Å². The molecule has 4 atom stereocenters. The van der Waals surface area contributed by atoms with Gasteiger partial charge in [0.2, 0.25) is 0 Å². The van der Waals surface area contributed by atoms with Gasteiger partial charge in [-0.25, -0.2) is 0 Å². The lowest BCUT2D eigenvalue weighted by atomic mass is 9.17. The molecule has 0 N–H and O–H groups in total. The number of hydrogen-bond acceptors (Lipinski definition) is 0. The van der Waals surface area contributed by atoms with Crippen LogP contribution < -0.4 is 0 Å². The van der Waals surface area contributed by atoms with E-state index in [1.807, 2.05) is 0 Å². The summed E-state index contributed by atoms with van der Waals surface area (Å²) in [5.74, 6) is 7.70. The van der Waals surface area contributed by atoms with Crippen molar-refractivity contribution in [2.45, 2.75) is 125 Å². The van der Waals surface area contributed by atoms with Crippen LogP contribution in [0.25, 0.3) is 0 Å². The quantitative estimate of drug-likeness (QED) is 0.348. The summed E-state index contributed by atoms with van der Waals surface area (Å²) in [5.41, 5.74) is 7.03. The van der Waals surface area contributed by atoms with Gasteiger partial charge >= 0.3 is 0 Å². The SMILES string of the molecule is CC12C3C4C5(C)C6C1C61C2C34C51.CC12CCC(C)(CC1)CC2.CC12CCCC(C)(CC1)CC2. The van der Waals surface area contributed by atoms with Gasteiger partial charge in [0.1, 0.15) is 0 Å². The summed E-state index contributed by atoms with van der Waals surface area (Å²) in [4.78, 5) is 0. The van der Waals surface area contributed by atoms with Crippen LogP contribution in [0.3, 0.4) is 0 Å². The number of hydrogen-bond donors (Lipinski definition) is 0. The highest BCUT2D eigenvalue weighted by Crippen LogP contribution is 3.30. The van der Waals surface area contributed by atoms with Gasteiger partial charge in [-0.3, -0.25) is 0 Å². The third-order valence-electron chi connectivity index (χ3n) is 16.7. The van der Waals surface area contributed by atoms with Crippen molar-refractivity contribution < 1.29 is 0 Å². The van der Waals surface area contributed by atoms with Crippen molar-refractivity contribution in [1.82, 2.24) is 0 Å². The molecule has 0 saturated heterocycles. The third-order valence-corrected chi connectivity index (χ3v) is 16.7. The molecule has 0 aliphatic heterocycles. The van der Waals surface area contributed by atoms with Crippen LogP contribution in [0, 0.1) is 78.8 Å². The lowest BCUT2D eigenvalue weighted by molar-refractivity contribution is -0.410. The zero-order chi connectivity index (χ0) is 22.7. The predicted octanol–water partition coefficient (Wildman–Crippen LogP) is 8.89. The van der Waals surface area contributed by atoms with E-state index < -0.39 is 0 Å². The van der Waals surface area contributed by atoms with E-state index in [2.05, 4.69) is 41.5 Å². The third kappa shape index (κ3) is 1.68. The molecule has 33 heavy (non-hydrogen) atoms. The Kier molecular flexibility index (Phi) is 3.00. The average Bonchev–Trinajstić information content (AvgIpc) is 3.65. The van der Waals surface area contributed by atoms with Gasteiger partial charge < -0.3 is 0 Å². The van der Waals surface area contributed by atoms with Crippen molar-refractivity contribution in [1.29, 1.82) is 0 Å². The van der Waals surface area contributed by atoms with E-state index in [-0.39, 0.29) is 0 Å². The Hall–Kier alpha value is 0. The summed E-state index contributed by atoms with van der Waals surface area (Å²) < 4.78 is 0. The molecule has 4 unspecified atom stereocenters. The van der Waals surface area contributed by atoms with Gasteiger partial charge in [-0.05, 0) is 156 Å². The molecule has 4 bridgehead atoms. The fourth-order valence-electron chi connectivity index (χ4n) is 15.3. The fraction of sp³-hybridized carbons (Fsp3) is 1.00. The van der Waals surface area contributed by atoms with Gasteiger partial charge in [0, 0.05) is 0 Å². The predicted molar refractivity (Wildman–Crippen MR) is 134 cm³/mol. The van der Waals surface area contributed by atoms with Crippen molar-refractivity contribution >= 4 is 0 Å². The van der Waals surface area contributed by atoms with Crippen molar-refractivity contribution in [2.24, 2.45) is 78.8 Å². The molecule has 13 aliphatic carbocycles. The Morgan fingerprint density at radius 1 is 0.364 bits per heavy atom. The highest BCUT2D eigenvalue weighted by Gasteiger charge is 3.28. The first-order chi connectivity index (χ1) is 15.5. The average molecular weight is 447 g/mol. The molecule has 13 saturated carbocycles. The Labute approximate surface area is 203 Å². The lowest BCUT2D eigenvalue weighted by Crippen LogP contribution is -2.84. The van der Waals surface area contributed by atoms with Crippen molar-refractivity contribution in [3.63, 3.8) is 0 Å². The summed E-state index contributed by atoms with van der Waals surface area (Å²) >= 11 is 0. The molecule has 182 valence electrons. The van der Waals surface area contributed by atoms with Gasteiger partial charge in [0.25, 0.3) is 0 Å².